The molecule has 4 nitrogen and oxygen atoms in total. The van der Waals surface area contributed by atoms with Gasteiger partial charge in [0, 0.05) is 25.6 Å². The van der Waals surface area contributed by atoms with Crippen molar-refractivity contribution in [3.63, 3.8) is 0 Å². The summed E-state index contributed by atoms with van der Waals surface area (Å²) >= 11 is 12.2. The summed E-state index contributed by atoms with van der Waals surface area (Å²) in [6.45, 7) is 6.91. The second-order valence-electron chi connectivity index (χ2n) is 7.27. The minimum Gasteiger partial charge on any atom is -0.444 e. The van der Waals surface area contributed by atoms with Crippen molar-refractivity contribution >= 4 is 29.3 Å². The SMILES string of the molecule is CC(C)(C)OC(=O)N1CC[C@@H](CCO)C(c2ccc(Cl)c(Cl)c2)C1. The first-order chi connectivity index (χ1) is 11.2. The number of carbonyl (C=O) groups excluding carboxylic acids is 1. The highest BCUT2D eigenvalue weighted by molar-refractivity contribution is 6.42. The molecule has 1 fully saturated rings. The molecule has 0 bridgehead atoms. The van der Waals surface area contributed by atoms with Gasteiger partial charge < -0.3 is 14.7 Å². The first-order valence-electron chi connectivity index (χ1n) is 8.25. The van der Waals surface area contributed by atoms with Gasteiger partial charge in [-0.25, -0.2) is 4.79 Å². The molecular weight excluding hydrogens is 349 g/mol. The Kier molecular flexibility index (Phi) is 6.40. The van der Waals surface area contributed by atoms with Crippen molar-refractivity contribution in [1.82, 2.24) is 4.90 Å². The van der Waals surface area contributed by atoms with Gasteiger partial charge in [0.15, 0.2) is 0 Å². The molecule has 24 heavy (non-hydrogen) atoms. The molecule has 1 heterocycles. The predicted octanol–water partition coefficient (Wildman–Crippen LogP) is 4.72. The molecule has 1 N–H and O–H groups in total. The number of amides is 1. The Labute approximate surface area is 153 Å². The standard InChI is InChI=1S/C18H25Cl2NO3/c1-18(2,3)24-17(23)21-8-6-12(7-9-22)14(11-21)13-4-5-15(19)16(20)10-13/h4-5,10,12,14,22H,6-9,11H2,1-3H3/t12-,14?/m0/s1. The summed E-state index contributed by atoms with van der Waals surface area (Å²) in [5, 5.41) is 10.4. The predicted molar refractivity (Wildman–Crippen MR) is 96.8 cm³/mol. The Hall–Kier alpha value is -0.970. The van der Waals surface area contributed by atoms with E-state index in [0.29, 0.717) is 35.5 Å². The van der Waals surface area contributed by atoms with Crippen molar-refractivity contribution < 1.29 is 14.6 Å². The average molecular weight is 374 g/mol. The third-order valence-corrected chi connectivity index (χ3v) is 5.02. The molecule has 134 valence electrons. The van der Waals surface area contributed by atoms with E-state index in [4.69, 9.17) is 27.9 Å². The Morgan fingerprint density at radius 1 is 1.33 bits per heavy atom. The van der Waals surface area contributed by atoms with Gasteiger partial charge in [0.2, 0.25) is 0 Å². The van der Waals surface area contributed by atoms with Crippen LogP contribution in [0, 0.1) is 5.92 Å². The van der Waals surface area contributed by atoms with Crippen LogP contribution < -0.4 is 0 Å². The molecule has 0 aliphatic carbocycles. The summed E-state index contributed by atoms with van der Waals surface area (Å²) in [5.74, 6) is 0.402. The van der Waals surface area contributed by atoms with Crippen LogP contribution in [0.3, 0.4) is 0 Å². The van der Waals surface area contributed by atoms with Crippen LogP contribution in [-0.2, 0) is 4.74 Å². The molecule has 0 saturated carbocycles. The molecule has 0 radical (unpaired) electrons. The van der Waals surface area contributed by atoms with Crippen molar-refractivity contribution in [3.05, 3.63) is 33.8 Å². The number of carbonyl (C=O) groups is 1. The van der Waals surface area contributed by atoms with Crippen molar-refractivity contribution in [2.45, 2.75) is 45.1 Å². The number of hydrogen-bond acceptors (Lipinski definition) is 3. The normalized spacial score (nSPS) is 21.7. The molecule has 0 aromatic heterocycles. The molecule has 1 saturated heterocycles. The Morgan fingerprint density at radius 3 is 2.62 bits per heavy atom. The molecule has 2 rings (SSSR count). The summed E-state index contributed by atoms with van der Waals surface area (Å²) in [6, 6.07) is 5.58. The molecule has 0 spiro atoms. The fourth-order valence-electron chi connectivity index (χ4n) is 3.12. The number of nitrogens with zero attached hydrogens (tertiary/aromatic N) is 1. The first kappa shape index (κ1) is 19.4. The second kappa shape index (κ2) is 7.94. The van der Waals surface area contributed by atoms with Gasteiger partial charge in [0.05, 0.1) is 10.0 Å². The van der Waals surface area contributed by atoms with Crippen molar-refractivity contribution in [3.8, 4) is 0 Å². The molecule has 1 aliphatic heterocycles. The average Bonchev–Trinajstić information content (AvgIpc) is 2.49. The third-order valence-electron chi connectivity index (χ3n) is 4.28. The van der Waals surface area contributed by atoms with E-state index in [0.717, 1.165) is 12.0 Å². The molecule has 1 amide bonds. The lowest BCUT2D eigenvalue weighted by molar-refractivity contribution is 0.0145. The second-order valence-corrected chi connectivity index (χ2v) is 8.08. The zero-order valence-corrected chi connectivity index (χ0v) is 15.9. The van der Waals surface area contributed by atoms with Gasteiger partial charge in [0.1, 0.15) is 5.60 Å². The van der Waals surface area contributed by atoms with Gasteiger partial charge >= 0.3 is 6.09 Å². The lowest BCUT2D eigenvalue weighted by atomic mass is 9.79. The number of piperidine rings is 1. The number of aliphatic hydroxyl groups is 1. The molecule has 2 atom stereocenters. The maximum atomic E-state index is 12.4. The van der Waals surface area contributed by atoms with Crippen LogP contribution in [-0.4, -0.2) is 41.4 Å². The zero-order chi connectivity index (χ0) is 17.9. The van der Waals surface area contributed by atoms with Crippen LogP contribution in [0.25, 0.3) is 0 Å². The van der Waals surface area contributed by atoms with Gasteiger partial charge in [-0.05, 0) is 57.2 Å². The minimum absolute atomic E-state index is 0.105. The van der Waals surface area contributed by atoms with E-state index in [-0.39, 0.29) is 18.6 Å². The zero-order valence-electron chi connectivity index (χ0n) is 14.4. The Balaban J connectivity index is 2.19. The van der Waals surface area contributed by atoms with Gasteiger partial charge in [-0.3, -0.25) is 0 Å². The van der Waals surface area contributed by atoms with E-state index < -0.39 is 5.60 Å². The van der Waals surface area contributed by atoms with E-state index >= 15 is 0 Å². The van der Waals surface area contributed by atoms with Crippen molar-refractivity contribution in [2.75, 3.05) is 19.7 Å². The number of benzene rings is 1. The van der Waals surface area contributed by atoms with Gasteiger partial charge in [-0.15, -0.1) is 0 Å². The first-order valence-corrected chi connectivity index (χ1v) is 9.00. The van der Waals surface area contributed by atoms with Crippen LogP contribution in [0.2, 0.25) is 10.0 Å². The van der Waals surface area contributed by atoms with Crippen LogP contribution >= 0.6 is 23.2 Å². The number of likely N-dealkylation sites (tertiary alicyclic amines) is 1. The van der Waals surface area contributed by atoms with Crippen molar-refractivity contribution in [1.29, 1.82) is 0 Å². The quantitative estimate of drug-likeness (QED) is 0.833. The van der Waals surface area contributed by atoms with Gasteiger partial charge in [-0.2, -0.15) is 0 Å². The fourth-order valence-corrected chi connectivity index (χ4v) is 3.43. The highest BCUT2D eigenvalue weighted by Gasteiger charge is 2.34. The molecule has 1 unspecified atom stereocenters. The number of aliphatic hydroxyl groups excluding tert-OH is 1. The van der Waals surface area contributed by atoms with Crippen LogP contribution in [0.15, 0.2) is 18.2 Å². The monoisotopic (exact) mass is 373 g/mol. The number of ether oxygens (including phenoxy) is 1. The van der Waals surface area contributed by atoms with Crippen LogP contribution in [0.4, 0.5) is 4.79 Å². The van der Waals surface area contributed by atoms with Crippen LogP contribution in [0.5, 0.6) is 0 Å². The Morgan fingerprint density at radius 2 is 2.04 bits per heavy atom. The lowest BCUT2D eigenvalue weighted by Crippen LogP contribution is -2.45. The number of rotatable bonds is 3. The Bertz CT molecular complexity index is 586. The summed E-state index contributed by atoms with van der Waals surface area (Å²) < 4.78 is 5.49. The maximum absolute atomic E-state index is 12.4. The number of halogens is 2. The van der Waals surface area contributed by atoms with E-state index in [2.05, 4.69) is 0 Å². The summed E-state index contributed by atoms with van der Waals surface area (Å²) in [7, 11) is 0. The van der Waals surface area contributed by atoms with Gasteiger partial charge in [-0.1, -0.05) is 29.3 Å². The fraction of sp³-hybridized carbons (Fsp3) is 0.611. The lowest BCUT2D eigenvalue weighted by Gasteiger charge is -2.39. The van der Waals surface area contributed by atoms with E-state index in [1.54, 1.807) is 11.0 Å². The topological polar surface area (TPSA) is 49.8 Å². The largest absolute Gasteiger partial charge is 0.444 e. The summed E-state index contributed by atoms with van der Waals surface area (Å²) in [6.07, 6.45) is 1.23. The number of hydrogen-bond donors (Lipinski definition) is 1. The smallest absolute Gasteiger partial charge is 0.410 e. The van der Waals surface area contributed by atoms with Gasteiger partial charge in [0.25, 0.3) is 0 Å². The maximum Gasteiger partial charge on any atom is 0.410 e. The van der Waals surface area contributed by atoms with E-state index in [1.165, 1.54) is 0 Å². The molecule has 1 aromatic carbocycles. The highest BCUT2D eigenvalue weighted by Crippen LogP contribution is 2.37. The van der Waals surface area contributed by atoms with E-state index in [9.17, 15) is 9.90 Å². The van der Waals surface area contributed by atoms with Crippen LogP contribution in [0.1, 0.15) is 45.1 Å². The van der Waals surface area contributed by atoms with E-state index in [1.807, 2.05) is 32.9 Å². The summed E-state index contributed by atoms with van der Waals surface area (Å²) in [5.41, 5.74) is 0.522. The summed E-state index contributed by atoms with van der Waals surface area (Å²) in [4.78, 5) is 14.1. The molecule has 1 aromatic rings. The molecule has 6 heteroatoms. The third kappa shape index (κ3) is 5.01. The molecule has 1 aliphatic rings. The highest BCUT2D eigenvalue weighted by atomic mass is 35.5. The minimum atomic E-state index is -0.516. The molecular formula is C18H25Cl2NO3. The van der Waals surface area contributed by atoms with Crippen molar-refractivity contribution in [2.24, 2.45) is 5.92 Å².